The van der Waals surface area contributed by atoms with E-state index in [1.165, 1.54) is 37.7 Å². The molecule has 0 spiro atoms. The Morgan fingerprint density at radius 2 is 1.79 bits per heavy atom. The van der Waals surface area contributed by atoms with Gasteiger partial charge in [0.05, 0.1) is 11.7 Å². The van der Waals surface area contributed by atoms with Gasteiger partial charge in [-0.15, -0.1) is 0 Å². The predicted octanol–water partition coefficient (Wildman–Crippen LogP) is 3.64. The number of carbonyl (C=O) groups is 1. The molecule has 1 atom stereocenters. The highest BCUT2D eigenvalue weighted by atomic mass is 16.1. The highest BCUT2D eigenvalue weighted by Gasteiger charge is 2.38. The Hall–Kier alpha value is -1.36. The molecule has 5 heteroatoms. The Morgan fingerprint density at radius 1 is 1.08 bits per heavy atom. The number of carbonyl (C=O) groups excluding carboxylic acids is 1. The fourth-order valence-electron chi connectivity index (χ4n) is 5.15. The van der Waals surface area contributed by atoms with Crippen molar-refractivity contribution in [2.24, 2.45) is 11.7 Å². The second-order valence-electron chi connectivity index (χ2n) is 8.12. The second kappa shape index (κ2) is 6.51. The SMILES string of the molecule is Cc1nn(C2CCCCC2)c2c1[C@H](C1CCC(N)CC1)CC(=O)N2. The molecular formula is C19H30N4O. The van der Waals surface area contributed by atoms with E-state index in [2.05, 4.69) is 16.9 Å². The third kappa shape index (κ3) is 2.87. The van der Waals surface area contributed by atoms with Gasteiger partial charge >= 0.3 is 0 Å². The second-order valence-corrected chi connectivity index (χ2v) is 8.12. The topological polar surface area (TPSA) is 72.9 Å². The number of nitrogens with two attached hydrogens (primary N) is 1. The van der Waals surface area contributed by atoms with Gasteiger partial charge in [-0.1, -0.05) is 19.3 Å². The quantitative estimate of drug-likeness (QED) is 0.869. The molecule has 4 rings (SSSR count). The van der Waals surface area contributed by atoms with Crippen molar-refractivity contribution in [1.29, 1.82) is 0 Å². The van der Waals surface area contributed by atoms with Crippen LogP contribution in [0.15, 0.2) is 0 Å². The Labute approximate surface area is 144 Å². The average Bonchev–Trinajstić information content (AvgIpc) is 2.92. The van der Waals surface area contributed by atoms with Crippen molar-refractivity contribution in [3.63, 3.8) is 0 Å². The Morgan fingerprint density at radius 3 is 2.50 bits per heavy atom. The van der Waals surface area contributed by atoms with E-state index in [-0.39, 0.29) is 5.91 Å². The van der Waals surface area contributed by atoms with Gasteiger partial charge < -0.3 is 11.1 Å². The molecule has 3 aliphatic rings. The molecule has 5 nitrogen and oxygen atoms in total. The summed E-state index contributed by atoms with van der Waals surface area (Å²) in [6.45, 7) is 2.12. The molecule has 0 saturated heterocycles. The number of fused-ring (bicyclic) bond motifs is 1. The van der Waals surface area contributed by atoms with Crippen LogP contribution in [0.4, 0.5) is 5.82 Å². The lowest BCUT2D eigenvalue weighted by Gasteiger charge is -2.35. The molecule has 0 radical (unpaired) electrons. The van der Waals surface area contributed by atoms with Crippen LogP contribution in [0.25, 0.3) is 0 Å². The number of hydrogen-bond donors (Lipinski definition) is 2. The number of aromatic nitrogens is 2. The first-order valence-corrected chi connectivity index (χ1v) is 9.78. The Balaban J connectivity index is 1.66. The van der Waals surface area contributed by atoms with E-state index < -0.39 is 0 Å². The summed E-state index contributed by atoms with van der Waals surface area (Å²) >= 11 is 0. The third-order valence-electron chi connectivity index (χ3n) is 6.47. The number of amides is 1. The van der Waals surface area contributed by atoms with Crippen molar-refractivity contribution in [3.8, 4) is 0 Å². The minimum atomic E-state index is 0.166. The maximum atomic E-state index is 12.4. The Bertz CT molecular complexity index is 609. The molecule has 2 saturated carbocycles. The number of aryl methyl sites for hydroxylation is 1. The highest BCUT2D eigenvalue weighted by molar-refractivity contribution is 5.94. The summed E-state index contributed by atoms with van der Waals surface area (Å²) in [4.78, 5) is 12.4. The van der Waals surface area contributed by atoms with Gasteiger partial charge in [0.15, 0.2) is 0 Å². The van der Waals surface area contributed by atoms with Crippen LogP contribution in [-0.2, 0) is 4.79 Å². The van der Waals surface area contributed by atoms with E-state index in [1.54, 1.807) is 0 Å². The molecule has 24 heavy (non-hydrogen) atoms. The van der Waals surface area contributed by atoms with Crippen LogP contribution in [0, 0.1) is 12.8 Å². The molecule has 2 aliphatic carbocycles. The van der Waals surface area contributed by atoms with Gasteiger partial charge in [0.2, 0.25) is 5.91 Å². The molecule has 2 heterocycles. The van der Waals surface area contributed by atoms with Crippen molar-refractivity contribution >= 4 is 11.7 Å². The minimum Gasteiger partial charge on any atom is -0.328 e. The lowest BCUT2D eigenvalue weighted by Crippen LogP contribution is -2.33. The van der Waals surface area contributed by atoms with E-state index >= 15 is 0 Å². The molecule has 132 valence electrons. The van der Waals surface area contributed by atoms with Crippen LogP contribution in [0.2, 0.25) is 0 Å². The molecule has 0 unspecified atom stereocenters. The van der Waals surface area contributed by atoms with Crippen molar-refractivity contribution in [2.75, 3.05) is 5.32 Å². The molecule has 2 fully saturated rings. The maximum Gasteiger partial charge on any atom is 0.226 e. The van der Waals surface area contributed by atoms with Crippen LogP contribution in [0.1, 0.15) is 87.4 Å². The highest BCUT2D eigenvalue weighted by Crippen LogP contribution is 2.46. The molecule has 0 bridgehead atoms. The molecule has 1 amide bonds. The van der Waals surface area contributed by atoms with E-state index in [9.17, 15) is 4.79 Å². The predicted molar refractivity (Wildman–Crippen MR) is 95.0 cm³/mol. The summed E-state index contributed by atoms with van der Waals surface area (Å²) in [6, 6.07) is 0.809. The number of anilines is 1. The van der Waals surface area contributed by atoms with E-state index in [0.717, 1.165) is 37.2 Å². The average molecular weight is 330 g/mol. The first-order valence-electron chi connectivity index (χ1n) is 9.78. The van der Waals surface area contributed by atoms with Gasteiger partial charge in [-0.3, -0.25) is 4.79 Å². The zero-order valence-electron chi connectivity index (χ0n) is 14.8. The van der Waals surface area contributed by atoms with Gasteiger partial charge in [0.25, 0.3) is 0 Å². The smallest absolute Gasteiger partial charge is 0.226 e. The number of nitrogens with zero attached hydrogens (tertiary/aromatic N) is 2. The van der Waals surface area contributed by atoms with Crippen molar-refractivity contribution < 1.29 is 4.79 Å². The van der Waals surface area contributed by atoms with Crippen molar-refractivity contribution in [3.05, 3.63) is 11.3 Å². The van der Waals surface area contributed by atoms with Crippen LogP contribution >= 0.6 is 0 Å². The zero-order valence-corrected chi connectivity index (χ0v) is 14.8. The van der Waals surface area contributed by atoms with E-state index in [0.29, 0.717) is 30.3 Å². The molecule has 1 aliphatic heterocycles. The van der Waals surface area contributed by atoms with Gasteiger partial charge in [-0.2, -0.15) is 5.10 Å². The molecule has 0 aromatic carbocycles. The zero-order chi connectivity index (χ0) is 16.7. The van der Waals surface area contributed by atoms with Gasteiger partial charge in [-0.25, -0.2) is 4.68 Å². The van der Waals surface area contributed by atoms with Crippen LogP contribution in [-0.4, -0.2) is 21.7 Å². The third-order valence-corrected chi connectivity index (χ3v) is 6.47. The van der Waals surface area contributed by atoms with Crippen LogP contribution in [0.3, 0.4) is 0 Å². The summed E-state index contributed by atoms with van der Waals surface area (Å²) < 4.78 is 2.16. The van der Waals surface area contributed by atoms with Gasteiger partial charge in [0, 0.05) is 23.9 Å². The largest absolute Gasteiger partial charge is 0.328 e. The summed E-state index contributed by atoms with van der Waals surface area (Å²) in [6.07, 6.45) is 11.3. The summed E-state index contributed by atoms with van der Waals surface area (Å²) in [5, 5.41) is 8.05. The number of hydrogen-bond acceptors (Lipinski definition) is 3. The molecular weight excluding hydrogens is 300 g/mol. The lowest BCUT2D eigenvalue weighted by atomic mass is 9.73. The Kier molecular flexibility index (Phi) is 4.37. The lowest BCUT2D eigenvalue weighted by molar-refractivity contribution is -0.117. The standard InChI is InChI=1S/C19H30N4O/c1-12-18-16(13-7-9-14(20)10-8-13)11-17(24)21-19(18)23(22-12)15-5-3-2-4-6-15/h13-16H,2-11,20H2,1H3,(H,21,24)/t13?,14?,16-/m0/s1. The molecule has 1 aromatic heterocycles. The fourth-order valence-corrected chi connectivity index (χ4v) is 5.15. The first-order chi connectivity index (χ1) is 11.6. The fraction of sp³-hybridized carbons (Fsp3) is 0.789. The van der Waals surface area contributed by atoms with Crippen LogP contribution in [0.5, 0.6) is 0 Å². The van der Waals surface area contributed by atoms with E-state index in [4.69, 9.17) is 10.8 Å². The van der Waals surface area contributed by atoms with Gasteiger partial charge in [0.1, 0.15) is 5.82 Å². The number of rotatable bonds is 2. The first kappa shape index (κ1) is 16.1. The summed E-state index contributed by atoms with van der Waals surface area (Å²) in [5.41, 5.74) is 8.53. The van der Waals surface area contributed by atoms with Crippen molar-refractivity contribution in [2.45, 2.75) is 89.1 Å². The maximum absolute atomic E-state index is 12.4. The molecule has 1 aromatic rings. The van der Waals surface area contributed by atoms with Gasteiger partial charge in [-0.05, 0) is 51.4 Å². The van der Waals surface area contributed by atoms with E-state index in [1.807, 2.05) is 0 Å². The monoisotopic (exact) mass is 330 g/mol. The van der Waals surface area contributed by atoms with Crippen LogP contribution < -0.4 is 11.1 Å². The normalized spacial score (nSPS) is 31.6. The molecule has 3 N–H and O–H groups in total. The number of nitrogens with one attached hydrogen (secondary N) is 1. The summed E-state index contributed by atoms with van der Waals surface area (Å²) in [5.74, 6) is 2.09. The van der Waals surface area contributed by atoms with Crippen molar-refractivity contribution in [1.82, 2.24) is 9.78 Å². The summed E-state index contributed by atoms with van der Waals surface area (Å²) in [7, 11) is 0. The minimum absolute atomic E-state index is 0.166.